The molecule has 1 rings (SSSR count). The molecule has 0 bridgehead atoms. The van der Waals surface area contributed by atoms with Gasteiger partial charge in [-0.3, -0.25) is 9.59 Å². The number of rotatable bonds is 8. The Hall–Kier alpha value is -1.49. The monoisotopic (exact) mass is 309 g/mol. The molecule has 1 amide bonds. The highest BCUT2D eigenvalue weighted by Gasteiger charge is 2.29. The third-order valence-electron chi connectivity index (χ3n) is 3.30. The minimum Gasteiger partial charge on any atom is -0.481 e. The van der Waals surface area contributed by atoms with E-state index in [0.29, 0.717) is 17.0 Å². The first-order valence-corrected chi connectivity index (χ1v) is 8.25. The fourth-order valence-electron chi connectivity index (χ4n) is 1.70. The standard InChI is InChI=1S/C16H23NO3S/c1-4-5-10-21-11-14(18)17-13-8-6-12(7-9-13)16(2,3)15(19)20/h6-9H,4-5,10-11H2,1-3H3,(H,17,18)(H,19,20). The highest BCUT2D eigenvalue weighted by molar-refractivity contribution is 7.99. The normalized spacial score (nSPS) is 11.2. The molecule has 5 heteroatoms. The van der Waals surface area contributed by atoms with Crippen LogP contribution in [0.15, 0.2) is 24.3 Å². The van der Waals surface area contributed by atoms with Crippen LogP contribution in [0.25, 0.3) is 0 Å². The van der Waals surface area contributed by atoms with Crippen LogP contribution in [0, 0.1) is 0 Å². The lowest BCUT2D eigenvalue weighted by molar-refractivity contribution is -0.142. The van der Waals surface area contributed by atoms with Crippen LogP contribution in [0.3, 0.4) is 0 Å². The number of unbranched alkanes of at least 4 members (excludes halogenated alkanes) is 1. The summed E-state index contributed by atoms with van der Waals surface area (Å²) in [5.41, 5.74) is 0.477. The maximum Gasteiger partial charge on any atom is 0.313 e. The molecule has 0 fully saturated rings. The molecule has 0 unspecified atom stereocenters. The predicted molar refractivity (Wildman–Crippen MR) is 88.0 cm³/mol. The molecule has 0 aliphatic carbocycles. The summed E-state index contributed by atoms with van der Waals surface area (Å²) in [5, 5.41) is 12.0. The van der Waals surface area contributed by atoms with Gasteiger partial charge >= 0.3 is 5.97 Å². The molecule has 2 N–H and O–H groups in total. The fraction of sp³-hybridized carbons (Fsp3) is 0.500. The molecule has 116 valence electrons. The van der Waals surface area contributed by atoms with Crippen LogP contribution in [0.2, 0.25) is 0 Å². The Balaban J connectivity index is 2.55. The lowest BCUT2D eigenvalue weighted by Gasteiger charge is -2.19. The van der Waals surface area contributed by atoms with E-state index >= 15 is 0 Å². The molecule has 0 spiro atoms. The second-order valence-corrected chi connectivity index (χ2v) is 6.57. The summed E-state index contributed by atoms with van der Waals surface area (Å²) in [7, 11) is 0. The van der Waals surface area contributed by atoms with Gasteiger partial charge in [-0.1, -0.05) is 25.5 Å². The average molecular weight is 309 g/mol. The number of carbonyl (C=O) groups is 2. The molecular formula is C16H23NO3S. The average Bonchev–Trinajstić information content (AvgIpc) is 2.44. The van der Waals surface area contributed by atoms with Crippen LogP contribution in [-0.2, 0) is 15.0 Å². The molecule has 21 heavy (non-hydrogen) atoms. The highest BCUT2D eigenvalue weighted by atomic mass is 32.2. The van der Waals surface area contributed by atoms with E-state index in [-0.39, 0.29) is 5.91 Å². The van der Waals surface area contributed by atoms with Gasteiger partial charge in [-0.05, 0) is 43.7 Å². The Bertz CT molecular complexity index is 483. The molecule has 0 atom stereocenters. The van der Waals surface area contributed by atoms with Crippen LogP contribution in [0.5, 0.6) is 0 Å². The van der Waals surface area contributed by atoms with E-state index in [2.05, 4.69) is 12.2 Å². The molecular weight excluding hydrogens is 286 g/mol. The molecule has 0 radical (unpaired) electrons. The fourth-order valence-corrected chi connectivity index (χ4v) is 2.60. The van der Waals surface area contributed by atoms with Crippen molar-refractivity contribution in [2.75, 3.05) is 16.8 Å². The number of carboxylic acids is 1. The van der Waals surface area contributed by atoms with E-state index in [4.69, 9.17) is 0 Å². The Morgan fingerprint density at radius 3 is 2.38 bits per heavy atom. The lowest BCUT2D eigenvalue weighted by Crippen LogP contribution is -2.28. The van der Waals surface area contributed by atoms with Crippen LogP contribution in [-0.4, -0.2) is 28.5 Å². The first-order chi connectivity index (χ1) is 9.87. The summed E-state index contributed by atoms with van der Waals surface area (Å²) >= 11 is 1.63. The summed E-state index contributed by atoms with van der Waals surface area (Å²) in [4.78, 5) is 22.9. The van der Waals surface area contributed by atoms with Gasteiger partial charge in [0, 0.05) is 5.69 Å². The zero-order chi connectivity index (χ0) is 15.9. The number of carboxylic acid groups (broad SMARTS) is 1. The van der Waals surface area contributed by atoms with Crippen molar-refractivity contribution in [2.45, 2.75) is 39.0 Å². The molecule has 0 aliphatic rings. The minimum absolute atomic E-state index is 0.0265. The third-order valence-corrected chi connectivity index (χ3v) is 4.34. The summed E-state index contributed by atoms with van der Waals surface area (Å²) < 4.78 is 0. The quantitative estimate of drug-likeness (QED) is 0.721. The van der Waals surface area contributed by atoms with Crippen molar-refractivity contribution in [1.29, 1.82) is 0 Å². The summed E-state index contributed by atoms with van der Waals surface area (Å²) in [6.45, 7) is 5.45. The Morgan fingerprint density at radius 2 is 1.86 bits per heavy atom. The van der Waals surface area contributed by atoms with Crippen molar-refractivity contribution in [1.82, 2.24) is 0 Å². The van der Waals surface area contributed by atoms with Crippen molar-refractivity contribution in [3.8, 4) is 0 Å². The number of amides is 1. The van der Waals surface area contributed by atoms with Gasteiger partial charge in [0.15, 0.2) is 0 Å². The number of aliphatic carboxylic acids is 1. The maximum atomic E-state index is 11.7. The summed E-state index contributed by atoms with van der Waals surface area (Å²) in [6, 6.07) is 6.98. The molecule has 1 aromatic rings. The number of hydrogen-bond acceptors (Lipinski definition) is 3. The number of benzene rings is 1. The van der Waals surface area contributed by atoms with Gasteiger partial charge in [0.05, 0.1) is 11.2 Å². The zero-order valence-corrected chi connectivity index (χ0v) is 13.6. The number of carbonyl (C=O) groups excluding carboxylic acids is 1. The largest absolute Gasteiger partial charge is 0.481 e. The second-order valence-electron chi connectivity index (χ2n) is 5.46. The van der Waals surface area contributed by atoms with E-state index in [1.165, 1.54) is 0 Å². The molecule has 0 heterocycles. The van der Waals surface area contributed by atoms with Crippen LogP contribution in [0.1, 0.15) is 39.2 Å². The Kier molecular flexibility index (Phi) is 6.75. The van der Waals surface area contributed by atoms with Gasteiger partial charge in [0.1, 0.15) is 0 Å². The van der Waals surface area contributed by atoms with Gasteiger partial charge in [-0.15, -0.1) is 0 Å². The van der Waals surface area contributed by atoms with Crippen molar-refractivity contribution < 1.29 is 14.7 Å². The smallest absolute Gasteiger partial charge is 0.313 e. The van der Waals surface area contributed by atoms with Gasteiger partial charge in [-0.2, -0.15) is 11.8 Å². The SMILES string of the molecule is CCCCSCC(=O)Nc1ccc(C(C)(C)C(=O)O)cc1. The topological polar surface area (TPSA) is 66.4 Å². The molecule has 4 nitrogen and oxygen atoms in total. The summed E-state index contributed by atoms with van der Waals surface area (Å²) in [5.74, 6) is 0.547. The number of thioether (sulfide) groups is 1. The molecule has 0 saturated heterocycles. The Morgan fingerprint density at radius 1 is 1.24 bits per heavy atom. The Labute approximate surface area is 130 Å². The molecule has 1 aromatic carbocycles. The lowest BCUT2D eigenvalue weighted by atomic mass is 9.85. The third kappa shape index (κ3) is 5.42. The van der Waals surface area contributed by atoms with Crippen molar-refractivity contribution >= 4 is 29.3 Å². The van der Waals surface area contributed by atoms with Crippen molar-refractivity contribution in [2.24, 2.45) is 0 Å². The minimum atomic E-state index is -0.932. The molecule has 0 aromatic heterocycles. The van der Waals surface area contributed by atoms with E-state index in [0.717, 1.165) is 18.6 Å². The molecule has 0 aliphatic heterocycles. The van der Waals surface area contributed by atoms with E-state index in [9.17, 15) is 14.7 Å². The van der Waals surface area contributed by atoms with E-state index in [1.54, 1.807) is 49.9 Å². The zero-order valence-electron chi connectivity index (χ0n) is 12.8. The van der Waals surface area contributed by atoms with Crippen molar-refractivity contribution in [3.05, 3.63) is 29.8 Å². The van der Waals surface area contributed by atoms with E-state index in [1.807, 2.05) is 0 Å². The first kappa shape index (κ1) is 17.6. The first-order valence-electron chi connectivity index (χ1n) is 7.09. The van der Waals surface area contributed by atoms with Gasteiger partial charge in [0.2, 0.25) is 5.91 Å². The van der Waals surface area contributed by atoms with Gasteiger partial charge < -0.3 is 10.4 Å². The van der Waals surface area contributed by atoms with Crippen molar-refractivity contribution in [3.63, 3.8) is 0 Å². The van der Waals surface area contributed by atoms with Gasteiger partial charge in [0.25, 0.3) is 0 Å². The number of nitrogens with one attached hydrogen (secondary N) is 1. The maximum absolute atomic E-state index is 11.7. The molecule has 0 saturated carbocycles. The van der Waals surface area contributed by atoms with Crippen LogP contribution < -0.4 is 5.32 Å². The number of anilines is 1. The van der Waals surface area contributed by atoms with Crippen LogP contribution in [0.4, 0.5) is 5.69 Å². The van der Waals surface area contributed by atoms with Gasteiger partial charge in [-0.25, -0.2) is 0 Å². The van der Waals surface area contributed by atoms with E-state index < -0.39 is 11.4 Å². The summed E-state index contributed by atoms with van der Waals surface area (Å²) in [6.07, 6.45) is 2.26. The highest BCUT2D eigenvalue weighted by Crippen LogP contribution is 2.24. The van der Waals surface area contributed by atoms with Crippen LogP contribution >= 0.6 is 11.8 Å². The second kappa shape index (κ2) is 8.08. The number of hydrogen-bond donors (Lipinski definition) is 2. The predicted octanol–water partition coefficient (Wildman–Crippen LogP) is 3.52.